The maximum absolute atomic E-state index is 13.3. The van der Waals surface area contributed by atoms with Crippen LogP contribution >= 0.6 is 11.3 Å². The van der Waals surface area contributed by atoms with E-state index in [2.05, 4.69) is 29.7 Å². The molecule has 1 atom stereocenters. The molecule has 4 aromatic rings. The predicted molar refractivity (Wildman–Crippen MR) is 141 cm³/mol. The van der Waals surface area contributed by atoms with E-state index in [1.807, 2.05) is 38.1 Å². The van der Waals surface area contributed by atoms with E-state index in [-0.39, 0.29) is 17.6 Å². The average molecular weight is 489 g/mol. The van der Waals surface area contributed by atoms with Gasteiger partial charge in [0.05, 0.1) is 21.5 Å². The normalized spacial score (nSPS) is 12.0. The number of aryl methyl sites for hydroxylation is 2. The summed E-state index contributed by atoms with van der Waals surface area (Å²) in [5.74, 6) is -0.318. The van der Waals surface area contributed by atoms with Crippen molar-refractivity contribution in [3.05, 3.63) is 98.0 Å². The lowest BCUT2D eigenvalue weighted by atomic mass is 10.0. The number of thiophene rings is 1. The third-order valence-corrected chi connectivity index (χ3v) is 7.02. The fourth-order valence-electron chi connectivity index (χ4n) is 4.14. The molecule has 0 spiro atoms. The molecule has 0 aliphatic carbocycles. The second-order valence-corrected chi connectivity index (χ2v) is 9.54. The number of nitro benzene ring substituents is 1. The molecule has 7 nitrogen and oxygen atoms in total. The number of amides is 1. The Balaban J connectivity index is 1.81. The van der Waals surface area contributed by atoms with E-state index in [9.17, 15) is 14.9 Å². The maximum atomic E-state index is 13.3. The molecule has 0 fully saturated rings. The molecule has 0 saturated carbocycles. The van der Waals surface area contributed by atoms with Crippen LogP contribution in [0.2, 0.25) is 0 Å². The van der Waals surface area contributed by atoms with Crippen molar-refractivity contribution < 1.29 is 9.72 Å². The number of benzene rings is 2. The number of rotatable bonds is 9. The van der Waals surface area contributed by atoms with E-state index in [1.54, 1.807) is 11.3 Å². The lowest BCUT2D eigenvalue weighted by Crippen LogP contribution is -2.24. The van der Waals surface area contributed by atoms with Crippen LogP contribution in [0.4, 0.5) is 11.4 Å². The van der Waals surface area contributed by atoms with Crippen molar-refractivity contribution in [2.75, 3.05) is 11.9 Å². The number of carbonyl (C=O) groups is 1. The van der Waals surface area contributed by atoms with Crippen LogP contribution in [0, 0.1) is 24.0 Å². The number of pyridine rings is 1. The van der Waals surface area contributed by atoms with Crippen LogP contribution in [0.5, 0.6) is 0 Å². The Morgan fingerprint density at radius 3 is 2.49 bits per heavy atom. The topological polar surface area (TPSA) is 97.2 Å². The first-order chi connectivity index (χ1) is 16.9. The van der Waals surface area contributed by atoms with Gasteiger partial charge in [0.25, 0.3) is 11.6 Å². The van der Waals surface area contributed by atoms with E-state index in [1.165, 1.54) is 24.3 Å². The van der Waals surface area contributed by atoms with Crippen molar-refractivity contribution in [3.63, 3.8) is 0 Å². The van der Waals surface area contributed by atoms with Gasteiger partial charge in [-0.1, -0.05) is 43.7 Å². The molecule has 1 amide bonds. The summed E-state index contributed by atoms with van der Waals surface area (Å²) in [6.45, 7) is 6.99. The van der Waals surface area contributed by atoms with Crippen LogP contribution in [-0.2, 0) is 0 Å². The summed E-state index contributed by atoms with van der Waals surface area (Å²) in [6.07, 6.45) is 2.11. The van der Waals surface area contributed by atoms with E-state index < -0.39 is 4.92 Å². The van der Waals surface area contributed by atoms with E-state index in [0.29, 0.717) is 5.56 Å². The quantitative estimate of drug-likeness (QED) is 0.158. The highest BCUT2D eigenvalue weighted by molar-refractivity contribution is 7.19. The minimum atomic E-state index is -0.476. The van der Waals surface area contributed by atoms with Crippen LogP contribution in [0.25, 0.3) is 10.2 Å². The van der Waals surface area contributed by atoms with Gasteiger partial charge < -0.3 is 10.6 Å². The highest BCUT2D eigenvalue weighted by Gasteiger charge is 2.25. The Morgan fingerprint density at radius 1 is 1.11 bits per heavy atom. The van der Waals surface area contributed by atoms with Crippen LogP contribution < -0.4 is 10.6 Å². The van der Waals surface area contributed by atoms with Crippen molar-refractivity contribution in [1.82, 2.24) is 10.3 Å². The first-order valence-electron chi connectivity index (χ1n) is 11.6. The molecule has 2 heterocycles. The maximum Gasteiger partial charge on any atom is 0.269 e. The number of nitro groups is 1. The molecule has 0 aliphatic heterocycles. The number of nitrogens with one attached hydrogen (secondary N) is 2. The van der Waals surface area contributed by atoms with Crippen molar-refractivity contribution in [2.45, 2.75) is 39.7 Å². The number of hydrogen-bond donors (Lipinski definition) is 2. The van der Waals surface area contributed by atoms with E-state index in [0.717, 1.165) is 57.0 Å². The third kappa shape index (κ3) is 5.39. The zero-order chi connectivity index (χ0) is 24.9. The van der Waals surface area contributed by atoms with Crippen LogP contribution in [0.15, 0.2) is 60.7 Å². The van der Waals surface area contributed by atoms with Crippen molar-refractivity contribution in [3.8, 4) is 0 Å². The molecule has 4 rings (SSSR count). The van der Waals surface area contributed by atoms with Gasteiger partial charge in [-0.2, -0.15) is 0 Å². The first-order valence-corrected chi connectivity index (χ1v) is 12.5. The summed E-state index contributed by atoms with van der Waals surface area (Å²) in [6, 6.07) is 17.7. The summed E-state index contributed by atoms with van der Waals surface area (Å²) >= 11 is 1.58. The van der Waals surface area contributed by atoms with Crippen LogP contribution in [-0.4, -0.2) is 22.4 Å². The minimum absolute atomic E-state index is 0.0528. The summed E-state index contributed by atoms with van der Waals surface area (Å²) in [7, 11) is 0. The molecule has 35 heavy (non-hydrogen) atoms. The van der Waals surface area contributed by atoms with Gasteiger partial charge in [0.15, 0.2) is 0 Å². The average Bonchev–Trinajstić information content (AvgIpc) is 3.20. The summed E-state index contributed by atoms with van der Waals surface area (Å²) in [4.78, 5) is 30.4. The Morgan fingerprint density at radius 2 is 1.83 bits per heavy atom. The smallest absolute Gasteiger partial charge is 0.269 e. The molecule has 2 aromatic heterocycles. The predicted octanol–water partition coefficient (Wildman–Crippen LogP) is 6.55. The zero-order valence-corrected chi connectivity index (χ0v) is 20.8. The standard InChI is InChI=1S/C27H28N4O3S/c1-4-5-15-28-23(19-9-7-6-8-10-19)25-24(22-17(2)16-18(3)29-27(22)35-25)30-26(32)20-11-13-21(14-12-20)31(33)34/h6-14,16,23,28H,4-5,15H2,1-3H3,(H,30,32)/t23-/m0/s1. The number of non-ortho nitro benzene ring substituents is 1. The number of nitrogens with zero attached hydrogens (tertiary/aromatic N) is 2. The highest BCUT2D eigenvalue weighted by Crippen LogP contribution is 2.42. The molecule has 180 valence electrons. The lowest BCUT2D eigenvalue weighted by molar-refractivity contribution is -0.384. The van der Waals surface area contributed by atoms with Gasteiger partial charge in [-0.25, -0.2) is 4.98 Å². The van der Waals surface area contributed by atoms with Gasteiger partial charge in [0.2, 0.25) is 0 Å². The number of carbonyl (C=O) groups excluding carboxylic acids is 1. The number of hydrogen-bond acceptors (Lipinski definition) is 6. The highest BCUT2D eigenvalue weighted by atomic mass is 32.1. The number of unbranched alkanes of at least 4 members (excludes halogenated alkanes) is 1. The van der Waals surface area contributed by atoms with Crippen molar-refractivity contribution in [2.24, 2.45) is 0 Å². The number of aromatic nitrogens is 1. The molecule has 2 N–H and O–H groups in total. The number of fused-ring (bicyclic) bond motifs is 1. The molecule has 0 unspecified atom stereocenters. The van der Waals surface area contributed by atoms with Crippen molar-refractivity contribution >= 4 is 38.8 Å². The molecule has 0 aliphatic rings. The van der Waals surface area contributed by atoms with Gasteiger partial charge in [-0.3, -0.25) is 14.9 Å². The van der Waals surface area contributed by atoms with Gasteiger partial charge >= 0.3 is 0 Å². The second-order valence-electron chi connectivity index (χ2n) is 8.51. The largest absolute Gasteiger partial charge is 0.320 e. The van der Waals surface area contributed by atoms with Crippen LogP contribution in [0.1, 0.15) is 57.9 Å². The summed E-state index contributed by atoms with van der Waals surface area (Å²) in [5.41, 5.74) is 4.10. The molecular formula is C27H28N4O3S. The Hall–Kier alpha value is -3.62. The first kappa shape index (κ1) is 24.5. The second kappa shape index (κ2) is 10.8. The zero-order valence-electron chi connectivity index (χ0n) is 20.0. The number of anilines is 1. The molecule has 0 saturated heterocycles. The van der Waals surface area contributed by atoms with Crippen molar-refractivity contribution in [1.29, 1.82) is 0 Å². The van der Waals surface area contributed by atoms with Crippen LogP contribution in [0.3, 0.4) is 0 Å². The third-order valence-electron chi connectivity index (χ3n) is 5.87. The van der Waals surface area contributed by atoms with E-state index >= 15 is 0 Å². The minimum Gasteiger partial charge on any atom is -0.320 e. The lowest BCUT2D eigenvalue weighted by Gasteiger charge is -2.20. The van der Waals surface area contributed by atoms with Gasteiger partial charge in [-0.15, -0.1) is 11.3 Å². The van der Waals surface area contributed by atoms with Gasteiger partial charge in [-0.05, 0) is 56.1 Å². The molecular weight excluding hydrogens is 460 g/mol. The van der Waals surface area contributed by atoms with E-state index in [4.69, 9.17) is 4.98 Å². The fourth-order valence-corrected chi connectivity index (χ4v) is 5.49. The van der Waals surface area contributed by atoms with Gasteiger partial charge in [0, 0.05) is 28.8 Å². The summed E-state index contributed by atoms with van der Waals surface area (Å²) < 4.78 is 0. The molecule has 0 radical (unpaired) electrons. The Kier molecular flexibility index (Phi) is 7.53. The monoisotopic (exact) mass is 488 g/mol. The molecule has 2 aromatic carbocycles. The molecule has 8 heteroatoms. The Labute approximate surface area is 208 Å². The fraction of sp³-hybridized carbons (Fsp3) is 0.259. The van der Waals surface area contributed by atoms with Gasteiger partial charge in [0.1, 0.15) is 4.83 Å². The SMILES string of the molecule is CCCCN[C@@H](c1ccccc1)c1sc2nc(C)cc(C)c2c1NC(=O)c1ccc([N+](=O)[O-])cc1. The molecule has 0 bridgehead atoms. The summed E-state index contributed by atoms with van der Waals surface area (Å²) in [5, 5.41) is 18.7. The Bertz CT molecular complexity index is 1350.